The third-order valence-corrected chi connectivity index (χ3v) is 2.72. The van der Waals surface area contributed by atoms with Gasteiger partial charge in [0.25, 0.3) is 0 Å². The van der Waals surface area contributed by atoms with Crippen molar-refractivity contribution >= 4 is 0 Å². The molecular formula is C17H26O2. The molecule has 0 saturated carbocycles. The van der Waals surface area contributed by atoms with Crippen LogP contribution in [0, 0.1) is 0 Å². The number of para-hydroxylation sites is 1. The predicted octanol–water partition coefficient (Wildman–Crippen LogP) is 4.34. The summed E-state index contributed by atoms with van der Waals surface area (Å²) < 4.78 is 11.3. The van der Waals surface area contributed by atoms with Crippen LogP contribution in [-0.4, -0.2) is 19.3 Å². The Kier molecular flexibility index (Phi) is 6.10. The largest absolute Gasteiger partial charge is 0.489 e. The Morgan fingerprint density at radius 2 is 1.68 bits per heavy atom. The second kappa shape index (κ2) is 7.34. The molecule has 0 bridgehead atoms. The molecule has 0 spiro atoms. The lowest BCUT2D eigenvalue weighted by Gasteiger charge is -2.22. The second-order valence-electron chi connectivity index (χ2n) is 5.91. The summed E-state index contributed by atoms with van der Waals surface area (Å²) in [7, 11) is 0. The first-order valence-corrected chi connectivity index (χ1v) is 6.90. The minimum absolute atomic E-state index is 0.0983. The summed E-state index contributed by atoms with van der Waals surface area (Å²) in [6.07, 6.45) is 4.27. The van der Waals surface area contributed by atoms with E-state index in [1.807, 2.05) is 38.1 Å². The van der Waals surface area contributed by atoms with Gasteiger partial charge in [-0.1, -0.05) is 45.0 Å². The van der Waals surface area contributed by atoms with Crippen LogP contribution in [0.1, 0.15) is 40.2 Å². The van der Waals surface area contributed by atoms with E-state index >= 15 is 0 Å². The summed E-state index contributed by atoms with van der Waals surface area (Å²) in [6, 6.07) is 8.22. The molecule has 0 atom stereocenters. The zero-order valence-corrected chi connectivity index (χ0v) is 12.8. The van der Waals surface area contributed by atoms with Gasteiger partial charge in [0.1, 0.15) is 12.4 Å². The van der Waals surface area contributed by atoms with E-state index in [0.29, 0.717) is 13.2 Å². The Morgan fingerprint density at radius 3 is 2.32 bits per heavy atom. The number of benzene rings is 1. The lowest BCUT2D eigenvalue weighted by molar-refractivity contribution is 0.102. The fraction of sp³-hybridized carbons (Fsp3) is 0.529. The van der Waals surface area contributed by atoms with Gasteiger partial charge in [0.05, 0.1) is 12.7 Å². The van der Waals surface area contributed by atoms with Crippen LogP contribution in [0.4, 0.5) is 0 Å². The zero-order chi connectivity index (χ0) is 14.3. The Hall–Kier alpha value is -1.28. The van der Waals surface area contributed by atoms with E-state index in [2.05, 4.69) is 32.9 Å². The first-order valence-electron chi connectivity index (χ1n) is 6.90. The molecular weight excluding hydrogens is 236 g/mol. The molecule has 106 valence electrons. The van der Waals surface area contributed by atoms with E-state index < -0.39 is 0 Å². The lowest BCUT2D eigenvalue weighted by atomic mass is 9.86. The van der Waals surface area contributed by atoms with Gasteiger partial charge in [-0.15, -0.1) is 0 Å². The Morgan fingerprint density at radius 1 is 1.05 bits per heavy atom. The van der Waals surface area contributed by atoms with E-state index in [1.54, 1.807) is 0 Å². The maximum atomic E-state index is 5.83. The summed E-state index contributed by atoms with van der Waals surface area (Å²) in [5.41, 5.74) is 1.34. The molecule has 0 N–H and O–H groups in total. The lowest BCUT2D eigenvalue weighted by Crippen LogP contribution is -2.13. The van der Waals surface area contributed by atoms with Crippen molar-refractivity contribution in [2.45, 2.75) is 46.1 Å². The molecule has 2 heteroatoms. The highest BCUT2D eigenvalue weighted by Gasteiger charge is 2.17. The smallest absolute Gasteiger partial charge is 0.123 e. The summed E-state index contributed by atoms with van der Waals surface area (Å²) >= 11 is 0. The maximum Gasteiger partial charge on any atom is 0.123 e. The molecule has 0 radical (unpaired) electrons. The maximum absolute atomic E-state index is 5.83. The van der Waals surface area contributed by atoms with Crippen molar-refractivity contribution in [3.8, 4) is 5.75 Å². The SMILES string of the molecule is CC(C)OCC=CCOc1ccccc1C(C)(C)C. The highest BCUT2D eigenvalue weighted by molar-refractivity contribution is 5.38. The van der Waals surface area contributed by atoms with Gasteiger partial charge >= 0.3 is 0 Å². The highest BCUT2D eigenvalue weighted by atomic mass is 16.5. The van der Waals surface area contributed by atoms with Gasteiger partial charge in [0, 0.05) is 0 Å². The quantitative estimate of drug-likeness (QED) is 0.710. The van der Waals surface area contributed by atoms with Crippen LogP contribution in [0.5, 0.6) is 5.75 Å². The minimum Gasteiger partial charge on any atom is -0.489 e. The molecule has 0 amide bonds. The van der Waals surface area contributed by atoms with Crippen molar-refractivity contribution in [2.75, 3.05) is 13.2 Å². The van der Waals surface area contributed by atoms with Gasteiger partial charge in [-0.05, 0) is 37.0 Å². The molecule has 19 heavy (non-hydrogen) atoms. The molecule has 0 heterocycles. The van der Waals surface area contributed by atoms with Gasteiger partial charge in [-0.3, -0.25) is 0 Å². The first-order chi connectivity index (χ1) is 8.91. The van der Waals surface area contributed by atoms with Gasteiger partial charge in [0.15, 0.2) is 0 Å². The van der Waals surface area contributed by atoms with Crippen LogP contribution >= 0.6 is 0 Å². The summed E-state index contributed by atoms with van der Waals surface area (Å²) in [6.45, 7) is 11.9. The van der Waals surface area contributed by atoms with E-state index in [1.165, 1.54) is 5.56 Å². The van der Waals surface area contributed by atoms with Crippen molar-refractivity contribution in [3.05, 3.63) is 42.0 Å². The number of ether oxygens (including phenoxy) is 2. The fourth-order valence-electron chi connectivity index (χ4n) is 1.73. The molecule has 2 nitrogen and oxygen atoms in total. The van der Waals surface area contributed by atoms with Crippen molar-refractivity contribution in [3.63, 3.8) is 0 Å². The Labute approximate surface area is 117 Å². The zero-order valence-electron chi connectivity index (χ0n) is 12.8. The monoisotopic (exact) mass is 262 g/mol. The molecule has 0 aliphatic heterocycles. The van der Waals surface area contributed by atoms with E-state index in [-0.39, 0.29) is 11.5 Å². The summed E-state index contributed by atoms with van der Waals surface area (Å²) in [5.74, 6) is 0.962. The van der Waals surface area contributed by atoms with E-state index in [9.17, 15) is 0 Å². The van der Waals surface area contributed by atoms with E-state index in [0.717, 1.165) is 5.75 Å². The van der Waals surface area contributed by atoms with Gasteiger partial charge in [-0.2, -0.15) is 0 Å². The van der Waals surface area contributed by atoms with Crippen LogP contribution in [0.15, 0.2) is 36.4 Å². The van der Waals surface area contributed by atoms with Gasteiger partial charge in [0.2, 0.25) is 0 Å². The number of rotatable bonds is 6. The van der Waals surface area contributed by atoms with Crippen molar-refractivity contribution < 1.29 is 9.47 Å². The molecule has 0 unspecified atom stereocenters. The Balaban J connectivity index is 2.50. The minimum atomic E-state index is 0.0983. The molecule has 0 fully saturated rings. The van der Waals surface area contributed by atoms with Crippen molar-refractivity contribution in [2.24, 2.45) is 0 Å². The van der Waals surface area contributed by atoms with Crippen molar-refractivity contribution in [1.29, 1.82) is 0 Å². The topological polar surface area (TPSA) is 18.5 Å². The third kappa shape index (κ3) is 5.93. The van der Waals surface area contributed by atoms with Crippen molar-refractivity contribution in [1.82, 2.24) is 0 Å². The van der Waals surface area contributed by atoms with Crippen LogP contribution in [0.3, 0.4) is 0 Å². The number of hydrogen-bond acceptors (Lipinski definition) is 2. The normalized spacial score (nSPS) is 12.3. The molecule has 1 rings (SSSR count). The summed E-state index contributed by atoms with van der Waals surface area (Å²) in [4.78, 5) is 0. The first kappa shape index (κ1) is 15.8. The highest BCUT2D eigenvalue weighted by Crippen LogP contribution is 2.30. The molecule has 1 aromatic rings. The molecule has 0 aliphatic carbocycles. The average molecular weight is 262 g/mol. The van der Waals surface area contributed by atoms with Crippen LogP contribution < -0.4 is 4.74 Å². The second-order valence-corrected chi connectivity index (χ2v) is 5.91. The van der Waals surface area contributed by atoms with Crippen LogP contribution in [-0.2, 0) is 10.2 Å². The fourth-order valence-corrected chi connectivity index (χ4v) is 1.73. The van der Waals surface area contributed by atoms with Crippen LogP contribution in [0.25, 0.3) is 0 Å². The molecule has 0 saturated heterocycles. The average Bonchev–Trinajstić information content (AvgIpc) is 2.32. The van der Waals surface area contributed by atoms with Gasteiger partial charge in [-0.25, -0.2) is 0 Å². The van der Waals surface area contributed by atoms with Crippen LogP contribution in [0.2, 0.25) is 0 Å². The van der Waals surface area contributed by atoms with Gasteiger partial charge < -0.3 is 9.47 Å². The third-order valence-electron chi connectivity index (χ3n) is 2.72. The molecule has 0 aliphatic rings. The molecule has 0 aromatic heterocycles. The molecule has 1 aromatic carbocycles. The van der Waals surface area contributed by atoms with E-state index in [4.69, 9.17) is 9.47 Å². The number of hydrogen-bond donors (Lipinski definition) is 0. The standard InChI is InChI=1S/C17H26O2/c1-14(2)18-12-8-9-13-19-16-11-7-6-10-15(16)17(3,4)5/h6-11,14H,12-13H2,1-5H3. The Bertz CT molecular complexity index is 400. The summed E-state index contributed by atoms with van der Waals surface area (Å²) in [5, 5.41) is 0. The predicted molar refractivity (Wildman–Crippen MR) is 80.9 cm³/mol.